The Bertz CT molecular complexity index is 409. The van der Waals surface area contributed by atoms with Crippen LogP contribution < -0.4 is 10.6 Å². The Hall–Kier alpha value is -0.850. The van der Waals surface area contributed by atoms with Crippen molar-refractivity contribution in [3.8, 4) is 0 Å². The first-order valence-corrected chi connectivity index (χ1v) is 10.6. The number of ether oxygens (including phenoxy) is 1. The maximum atomic E-state index is 5.50. The lowest BCUT2D eigenvalue weighted by Gasteiger charge is -2.37. The molecule has 0 aliphatic carbocycles. The monoisotopic (exact) mass is 367 g/mol. The smallest absolute Gasteiger partial charge is 0.191 e. The third-order valence-corrected chi connectivity index (χ3v) is 5.84. The van der Waals surface area contributed by atoms with E-state index in [9.17, 15) is 0 Å². The summed E-state index contributed by atoms with van der Waals surface area (Å²) < 4.78 is 5.50. The van der Waals surface area contributed by atoms with E-state index in [0.29, 0.717) is 12.0 Å². The van der Waals surface area contributed by atoms with Crippen molar-refractivity contribution in [2.24, 2.45) is 10.9 Å². The van der Waals surface area contributed by atoms with Crippen molar-refractivity contribution < 1.29 is 4.74 Å². The zero-order valence-corrected chi connectivity index (χ0v) is 17.5. The van der Waals surface area contributed by atoms with Gasteiger partial charge in [-0.25, -0.2) is 0 Å². The van der Waals surface area contributed by atoms with Gasteiger partial charge in [0, 0.05) is 51.9 Å². The van der Waals surface area contributed by atoms with E-state index in [-0.39, 0.29) is 0 Å². The predicted octanol–water partition coefficient (Wildman–Crippen LogP) is 1.77. The van der Waals surface area contributed by atoms with Gasteiger partial charge < -0.3 is 20.3 Å². The third-order valence-electron chi connectivity index (χ3n) is 5.84. The van der Waals surface area contributed by atoms with Crippen molar-refractivity contribution in [1.29, 1.82) is 0 Å². The standard InChI is InChI=1S/C20H41N5O/c1-17(2)19(25-12-14-26-15-13-25)16-23-20(21-4)22-9-7-11-24-10-6-5-8-18(24)3/h17-19H,5-16H2,1-4H3,(H2,21,22,23). The summed E-state index contributed by atoms with van der Waals surface area (Å²) in [4.78, 5) is 9.58. The second kappa shape index (κ2) is 11.8. The molecule has 152 valence electrons. The van der Waals surface area contributed by atoms with Crippen LogP contribution in [0.3, 0.4) is 0 Å². The number of nitrogens with zero attached hydrogens (tertiary/aromatic N) is 3. The quantitative estimate of drug-likeness (QED) is 0.389. The van der Waals surface area contributed by atoms with Gasteiger partial charge in [-0.15, -0.1) is 0 Å². The molecule has 0 spiro atoms. The molecule has 2 atom stereocenters. The van der Waals surface area contributed by atoms with E-state index in [4.69, 9.17) is 4.74 Å². The van der Waals surface area contributed by atoms with Gasteiger partial charge in [0.25, 0.3) is 0 Å². The summed E-state index contributed by atoms with van der Waals surface area (Å²) in [6.07, 6.45) is 5.28. The van der Waals surface area contributed by atoms with Crippen LogP contribution in [0.2, 0.25) is 0 Å². The van der Waals surface area contributed by atoms with Gasteiger partial charge in [0.15, 0.2) is 5.96 Å². The largest absolute Gasteiger partial charge is 0.379 e. The summed E-state index contributed by atoms with van der Waals surface area (Å²) in [5.74, 6) is 1.54. The van der Waals surface area contributed by atoms with Gasteiger partial charge in [-0.1, -0.05) is 20.3 Å². The highest BCUT2D eigenvalue weighted by atomic mass is 16.5. The molecule has 0 aromatic heterocycles. The van der Waals surface area contributed by atoms with Crippen molar-refractivity contribution in [3.63, 3.8) is 0 Å². The Kier molecular flexibility index (Phi) is 9.72. The molecule has 0 aromatic carbocycles. The first-order chi connectivity index (χ1) is 12.6. The van der Waals surface area contributed by atoms with E-state index in [1.54, 1.807) is 0 Å². The average Bonchev–Trinajstić information content (AvgIpc) is 2.65. The molecule has 2 rings (SSSR count). The molecule has 6 heteroatoms. The van der Waals surface area contributed by atoms with E-state index >= 15 is 0 Å². The van der Waals surface area contributed by atoms with Crippen LogP contribution in [0, 0.1) is 5.92 Å². The molecule has 2 saturated heterocycles. The molecule has 2 heterocycles. The van der Waals surface area contributed by atoms with Crippen LogP contribution in [0.15, 0.2) is 4.99 Å². The molecular weight excluding hydrogens is 326 g/mol. The second-order valence-corrected chi connectivity index (χ2v) is 8.07. The number of piperidine rings is 1. The molecule has 0 radical (unpaired) electrons. The SMILES string of the molecule is CN=C(NCCCN1CCCCC1C)NCC(C(C)C)N1CCOCC1. The number of nitrogens with one attached hydrogen (secondary N) is 2. The molecule has 2 N–H and O–H groups in total. The maximum absolute atomic E-state index is 5.50. The van der Waals surface area contributed by atoms with Gasteiger partial charge in [-0.3, -0.25) is 9.89 Å². The zero-order valence-electron chi connectivity index (χ0n) is 17.5. The summed E-state index contributed by atoms with van der Waals surface area (Å²) in [6, 6.07) is 1.27. The third kappa shape index (κ3) is 7.05. The maximum Gasteiger partial charge on any atom is 0.191 e. The first kappa shape index (κ1) is 21.5. The molecule has 2 aliphatic rings. The zero-order chi connectivity index (χ0) is 18.8. The highest BCUT2D eigenvalue weighted by Gasteiger charge is 2.24. The lowest BCUT2D eigenvalue weighted by molar-refractivity contribution is 0.00752. The lowest BCUT2D eigenvalue weighted by Crippen LogP contribution is -2.52. The topological polar surface area (TPSA) is 52.1 Å². The van der Waals surface area contributed by atoms with Crippen LogP contribution in [0.1, 0.15) is 46.5 Å². The van der Waals surface area contributed by atoms with Crippen LogP contribution in [0.4, 0.5) is 0 Å². The summed E-state index contributed by atoms with van der Waals surface area (Å²) in [5.41, 5.74) is 0. The summed E-state index contributed by atoms with van der Waals surface area (Å²) in [7, 11) is 1.86. The second-order valence-electron chi connectivity index (χ2n) is 8.07. The fraction of sp³-hybridized carbons (Fsp3) is 0.950. The normalized spacial score (nSPS) is 24.7. The molecule has 2 fully saturated rings. The van der Waals surface area contributed by atoms with E-state index in [1.807, 2.05) is 7.05 Å². The molecule has 0 bridgehead atoms. The minimum atomic E-state index is 0.520. The highest BCUT2D eigenvalue weighted by Crippen LogP contribution is 2.16. The number of hydrogen-bond acceptors (Lipinski definition) is 4. The minimum Gasteiger partial charge on any atom is -0.379 e. The predicted molar refractivity (Wildman–Crippen MR) is 110 cm³/mol. The van der Waals surface area contributed by atoms with Gasteiger partial charge in [0.2, 0.25) is 0 Å². The average molecular weight is 368 g/mol. The minimum absolute atomic E-state index is 0.520. The highest BCUT2D eigenvalue weighted by molar-refractivity contribution is 5.79. The molecule has 0 aromatic rings. The first-order valence-electron chi connectivity index (χ1n) is 10.6. The molecule has 6 nitrogen and oxygen atoms in total. The van der Waals surface area contributed by atoms with E-state index in [2.05, 4.69) is 46.2 Å². The van der Waals surface area contributed by atoms with E-state index in [1.165, 1.54) is 38.8 Å². The Morgan fingerprint density at radius 3 is 2.58 bits per heavy atom. The summed E-state index contributed by atoms with van der Waals surface area (Å²) >= 11 is 0. The lowest BCUT2D eigenvalue weighted by atomic mass is 10.0. The van der Waals surface area contributed by atoms with E-state index < -0.39 is 0 Å². The van der Waals surface area contributed by atoms with Crippen LogP contribution in [0.25, 0.3) is 0 Å². The van der Waals surface area contributed by atoms with Crippen molar-refractivity contribution in [2.45, 2.75) is 58.5 Å². The summed E-state index contributed by atoms with van der Waals surface area (Å²) in [5, 5.41) is 7.03. The van der Waals surface area contributed by atoms with Gasteiger partial charge in [-0.05, 0) is 38.6 Å². The van der Waals surface area contributed by atoms with Crippen molar-refractivity contribution in [1.82, 2.24) is 20.4 Å². The van der Waals surface area contributed by atoms with Gasteiger partial charge in [-0.2, -0.15) is 0 Å². The molecular formula is C20H41N5O. The van der Waals surface area contributed by atoms with Crippen LogP contribution in [-0.4, -0.2) is 87.4 Å². The number of morpholine rings is 1. The molecule has 2 unspecified atom stereocenters. The number of likely N-dealkylation sites (tertiary alicyclic amines) is 1. The number of guanidine groups is 1. The Balaban J connectivity index is 1.67. The Morgan fingerprint density at radius 2 is 1.92 bits per heavy atom. The van der Waals surface area contributed by atoms with Gasteiger partial charge in [0.05, 0.1) is 13.2 Å². The fourth-order valence-electron chi connectivity index (χ4n) is 4.10. The van der Waals surface area contributed by atoms with Crippen LogP contribution in [-0.2, 0) is 4.74 Å². The molecule has 0 saturated carbocycles. The van der Waals surface area contributed by atoms with Crippen molar-refractivity contribution in [2.75, 3.05) is 59.5 Å². The molecule has 0 amide bonds. The Labute approximate surface area is 160 Å². The number of aliphatic imine (C=N–C) groups is 1. The molecule has 26 heavy (non-hydrogen) atoms. The summed E-state index contributed by atoms with van der Waals surface area (Å²) in [6.45, 7) is 15.1. The number of hydrogen-bond donors (Lipinski definition) is 2. The number of rotatable bonds is 8. The van der Waals surface area contributed by atoms with Crippen LogP contribution in [0.5, 0.6) is 0 Å². The van der Waals surface area contributed by atoms with Gasteiger partial charge in [0.1, 0.15) is 0 Å². The molecule has 2 aliphatic heterocycles. The van der Waals surface area contributed by atoms with E-state index in [0.717, 1.165) is 51.4 Å². The fourth-order valence-corrected chi connectivity index (χ4v) is 4.10. The van der Waals surface area contributed by atoms with Crippen molar-refractivity contribution >= 4 is 5.96 Å². The van der Waals surface area contributed by atoms with Crippen molar-refractivity contribution in [3.05, 3.63) is 0 Å². The van der Waals surface area contributed by atoms with Gasteiger partial charge >= 0.3 is 0 Å². The Morgan fingerprint density at radius 1 is 1.15 bits per heavy atom. The van der Waals surface area contributed by atoms with Crippen LogP contribution >= 0.6 is 0 Å².